The van der Waals surface area contributed by atoms with Crippen LogP contribution in [0.2, 0.25) is 0 Å². The molecule has 0 rings (SSSR count). The van der Waals surface area contributed by atoms with Crippen LogP contribution in [0.15, 0.2) is 17.6 Å². The van der Waals surface area contributed by atoms with Crippen molar-refractivity contribution in [2.24, 2.45) is 4.99 Å². The summed E-state index contributed by atoms with van der Waals surface area (Å²) in [5.41, 5.74) is 0. The monoisotopic (exact) mass is 158 g/mol. The second kappa shape index (κ2) is 15.7. The van der Waals surface area contributed by atoms with E-state index in [2.05, 4.69) is 11.6 Å². The van der Waals surface area contributed by atoms with E-state index in [0.717, 1.165) is 18.3 Å². The minimum absolute atomic E-state index is 0.149. The summed E-state index contributed by atoms with van der Waals surface area (Å²) in [6.45, 7) is 6.12. The predicted octanol–water partition coefficient (Wildman–Crippen LogP) is 2.09. The third-order valence-corrected chi connectivity index (χ3v) is 0.611. The zero-order valence-electron chi connectivity index (χ0n) is 7.08. The lowest BCUT2D eigenvalue weighted by atomic mass is 10.6. The molecular weight excluding hydrogens is 144 g/mol. The summed E-state index contributed by atoms with van der Waals surface area (Å²) in [7, 11) is 0. The van der Waals surface area contributed by atoms with Crippen molar-refractivity contribution >= 4 is 18.0 Å². The van der Waals surface area contributed by atoms with Gasteiger partial charge in [-0.2, -0.15) is 5.26 Å². The lowest BCUT2D eigenvalue weighted by Crippen LogP contribution is -1.66. The summed E-state index contributed by atoms with van der Waals surface area (Å²) in [5, 5.41) is 9.41. The number of thioether (sulfide) groups is 1. The maximum atomic E-state index is 7.66. The van der Waals surface area contributed by atoms with E-state index in [1.165, 1.54) is 0 Å². The topological polar surface area (TPSA) is 36.1 Å². The number of hydrogen-bond acceptors (Lipinski definition) is 3. The van der Waals surface area contributed by atoms with Gasteiger partial charge in [0.25, 0.3) is 0 Å². The highest BCUT2D eigenvalue weighted by Gasteiger charge is 1.57. The van der Waals surface area contributed by atoms with E-state index in [-0.39, 0.29) is 6.23 Å². The molecule has 0 radical (unpaired) electrons. The van der Waals surface area contributed by atoms with E-state index in [4.69, 9.17) is 6.63 Å². The maximum Gasteiger partial charge on any atom is 0.133 e. The molecule has 0 atom stereocenters. The van der Waals surface area contributed by atoms with Crippen LogP contribution in [0.5, 0.6) is 0 Å². The Kier molecular flexibility index (Phi) is 14.6. The van der Waals surface area contributed by atoms with Crippen molar-refractivity contribution in [3.8, 4) is 5.40 Å². The van der Waals surface area contributed by atoms with E-state index in [9.17, 15) is 0 Å². The van der Waals surface area contributed by atoms with Gasteiger partial charge in [-0.15, -0.1) is 6.58 Å². The Morgan fingerprint density at radius 2 is 2.70 bits per heavy atom. The van der Waals surface area contributed by atoms with Crippen LogP contribution in [0.25, 0.3) is 0 Å². The van der Waals surface area contributed by atoms with Gasteiger partial charge in [0, 0.05) is 1.37 Å². The van der Waals surface area contributed by atoms with Crippen molar-refractivity contribution in [1.82, 2.24) is 0 Å². The van der Waals surface area contributed by atoms with Crippen molar-refractivity contribution in [2.75, 3.05) is 12.8 Å². The van der Waals surface area contributed by atoms with Crippen LogP contribution in [0, 0.1) is 10.7 Å². The first-order valence-corrected chi connectivity index (χ1v) is 3.67. The molecule has 0 amide bonds. The fourth-order valence-electron chi connectivity index (χ4n) is 0.180. The Bertz CT molecular complexity index is 140. The van der Waals surface area contributed by atoms with Crippen molar-refractivity contribution < 1.29 is 1.37 Å². The molecule has 0 aromatic heterocycles. The Hall–Kier alpha value is -0.750. The minimum atomic E-state index is 0.149. The summed E-state index contributed by atoms with van der Waals surface area (Å²) < 4.78 is 6.34. The Morgan fingerprint density at radius 1 is 2.00 bits per heavy atom. The molecule has 56 valence electrons. The van der Waals surface area contributed by atoms with Crippen LogP contribution in [0.1, 0.15) is 8.29 Å². The van der Waals surface area contributed by atoms with Crippen molar-refractivity contribution in [2.45, 2.75) is 6.92 Å². The molecule has 0 aliphatic heterocycles. The average molecular weight is 158 g/mol. The van der Waals surface area contributed by atoms with Gasteiger partial charge in [-0.3, -0.25) is 4.99 Å². The van der Waals surface area contributed by atoms with Crippen LogP contribution in [-0.4, -0.2) is 19.0 Å². The summed E-state index contributed by atoms with van der Waals surface area (Å²) in [5.74, 6) is 0. The summed E-state index contributed by atoms with van der Waals surface area (Å²) in [4.78, 5) is 3.85. The first kappa shape index (κ1) is 9.25. The molecule has 3 heteroatoms. The number of thiocyanates is 1. The van der Waals surface area contributed by atoms with Crippen LogP contribution in [0.4, 0.5) is 0 Å². The lowest BCUT2D eigenvalue weighted by molar-refractivity contribution is 1.26. The largest absolute Gasteiger partial charge is 0.294 e. The van der Waals surface area contributed by atoms with Gasteiger partial charge in [0.05, 0.1) is 6.54 Å². The second-order valence-corrected chi connectivity index (χ2v) is 1.62. The molecule has 0 N–H and O–H groups in total. The zero-order chi connectivity index (χ0) is 8.95. The number of rotatable bonds is 2. The normalized spacial score (nSPS) is 9.00. The SMILES string of the molecule is C=CCN=CC.[3H]CSC#N. The number of hydrogen-bond donors (Lipinski definition) is 0. The van der Waals surface area contributed by atoms with Crippen molar-refractivity contribution in [1.29, 1.82) is 5.26 Å². The molecule has 0 aromatic carbocycles. The maximum absolute atomic E-state index is 7.66. The molecule has 10 heavy (non-hydrogen) atoms. The van der Waals surface area contributed by atoms with Gasteiger partial charge in [0.15, 0.2) is 0 Å². The van der Waals surface area contributed by atoms with Gasteiger partial charge in [-0.25, -0.2) is 0 Å². The highest BCUT2D eigenvalue weighted by atomic mass is 32.2. The molecule has 2 nitrogen and oxygen atoms in total. The minimum Gasteiger partial charge on any atom is -0.294 e. The summed E-state index contributed by atoms with van der Waals surface area (Å²) in [6, 6.07) is 0. The van der Waals surface area contributed by atoms with Crippen molar-refractivity contribution in [3.05, 3.63) is 12.7 Å². The fourth-order valence-corrected chi connectivity index (χ4v) is 0.180. The molecule has 0 aliphatic carbocycles. The van der Waals surface area contributed by atoms with Crippen LogP contribution in [0.3, 0.4) is 0 Å². The fraction of sp³-hybridized carbons (Fsp3) is 0.429. The van der Waals surface area contributed by atoms with Crippen LogP contribution >= 0.6 is 11.8 Å². The Balaban J connectivity index is 0. The van der Waals surface area contributed by atoms with E-state index >= 15 is 0 Å². The predicted molar refractivity (Wildman–Crippen MR) is 48.4 cm³/mol. The standard InChI is InChI=1S/C5H9N.C2H3NS/c1-3-5-6-4-2;1-4-2-3/h3-4H,1,5H2,2H3;1H3/i;1T. The van der Waals surface area contributed by atoms with Crippen LogP contribution in [-0.2, 0) is 0 Å². The molecule has 0 unspecified atom stereocenters. The lowest BCUT2D eigenvalue weighted by Gasteiger charge is -1.72. The third kappa shape index (κ3) is 26.8. The van der Waals surface area contributed by atoms with Gasteiger partial charge in [0.2, 0.25) is 0 Å². The van der Waals surface area contributed by atoms with E-state index in [1.54, 1.807) is 17.7 Å². The number of nitrogens with zero attached hydrogens (tertiary/aromatic N) is 2. The van der Waals surface area contributed by atoms with Gasteiger partial charge >= 0.3 is 0 Å². The zero-order valence-corrected chi connectivity index (χ0v) is 6.90. The molecule has 0 bridgehead atoms. The smallest absolute Gasteiger partial charge is 0.133 e. The number of aliphatic imine (C=N–C) groups is 1. The molecule has 0 aliphatic rings. The van der Waals surface area contributed by atoms with E-state index < -0.39 is 0 Å². The second-order valence-electron chi connectivity index (χ2n) is 1.15. The highest BCUT2D eigenvalue weighted by molar-refractivity contribution is 8.03. The van der Waals surface area contributed by atoms with Gasteiger partial charge in [-0.1, -0.05) is 6.08 Å². The van der Waals surface area contributed by atoms with E-state index in [0.29, 0.717) is 0 Å². The number of nitriles is 1. The van der Waals surface area contributed by atoms with Crippen molar-refractivity contribution in [3.63, 3.8) is 0 Å². The Morgan fingerprint density at radius 3 is 2.80 bits per heavy atom. The first-order chi connectivity index (χ1) is 5.33. The molecule has 0 spiro atoms. The molecule has 0 fully saturated rings. The van der Waals surface area contributed by atoms with Gasteiger partial charge in [0.1, 0.15) is 5.40 Å². The molecular formula is C7H12N2S. The summed E-state index contributed by atoms with van der Waals surface area (Å²) >= 11 is 0.935. The average Bonchev–Trinajstić information content (AvgIpc) is 2.04. The molecule has 0 aromatic rings. The van der Waals surface area contributed by atoms with Gasteiger partial charge in [-0.05, 0) is 31.1 Å². The quantitative estimate of drug-likeness (QED) is 0.350. The van der Waals surface area contributed by atoms with Crippen LogP contribution < -0.4 is 0 Å². The van der Waals surface area contributed by atoms with Gasteiger partial charge < -0.3 is 0 Å². The summed E-state index contributed by atoms with van der Waals surface area (Å²) in [6.07, 6.45) is 3.68. The molecule has 0 saturated heterocycles. The third-order valence-electron chi connectivity index (χ3n) is 0.482. The molecule has 0 saturated carbocycles. The molecule has 0 heterocycles. The highest BCUT2D eigenvalue weighted by Crippen LogP contribution is 1.78. The van der Waals surface area contributed by atoms with E-state index in [1.807, 2.05) is 6.92 Å². The Labute approximate surface area is 68.1 Å². The first-order valence-electron chi connectivity index (χ1n) is 3.39.